The van der Waals surface area contributed by atoms with Crippen molar-refractivity contribution in [3.05, 3.63) is 82.7 Å². The lowest BCUT2D eigenvalue weighted by Crippen LogP contribution is -2.23. The third-order valence-electron chi connectivity index (χ3n) is 5.43. The first-order chi connectivity index (χ1) is 13.6. The summed E-state index contributed by atoms with van der Waals surface area (Å²) in [6.45, 7) is 7.03. The molecule has 1 atom stereocenters. The molecule has 0 bridgehead atoms. The molecule has 1 aromatic carbocycles. The van der Waals surface area contributed by atoms with Crippen LogP contribution < -0.4 is 0 Å². The Morgan fingerprint density at radius 1 is 1.14 bits per heavy atom. The molecule has 1 fully saturated rings. The van der Waals surface area contributed by atoms with Gasteiger partial charge in [-0.05, 0) is 75.0 Å². The fraction of sp³-hybridized carbons (Fsp3) is 0.391. The predicted octanol–water partition coefficient (Wildman–Crippen LogP) is 4.67. The highest BCUT2D eigenvalue weighted by Crippen LogP contribution is 2.33. The van der Waals surface area contributed by atoms with E-state index in [1.807, 2.05) is 23.9 Å². The van der Waals surface area contributed by atoms with Crippen molar-refractivity contribution in [2.45, 2.75) is 52.2 Å². The van der Waals surface area contributed by atoms with Crippen molar-refractivity contribution in [1.29, 1.82) is 0 Å². The van der Waals surface area contributed by atoms with Crippen LogP contribution in [0, 0.1) is 12.7 Å². The standard InChI is InChI=1S/C23H27FN4/c1-3-28-16-20(14-25-28)15-27-9-5-8-23(27)22-13-19(10-17(2)26-22)11-18-6-4-7-21(24)12-18/h4,6-7,10,12-14,16,23H,3,5,8-9,11,15H2,1-2H3/t23-/m0/s1. The smallest absolute Gasteiger partial charge is 0.123 e. The number of benzene rings is 1. The zero-order chi connectivity index (χ0) is 19.5. The molecule has 3 aromatic rings. The lowest BCUT2D eigenvalue weighted by molar-refractivity contribution is 0.244. The first kappa shape index (κ1) is 18.8. The molecule has 146 valence electrons. The van der Waals surface area contributed by atoms with Crippen LogP contribution in [0.5, 0.6) is 0 Å². The van der Waals surface area contributed by atoms with E-state index >= 15 is 0 Å². The molecule has 4 rings (SSSR count). The Balaban J connectivity index is 1.54. The highest BCUT2D eigenvalue weighted by atomic mass is 19.1. The number of pyridine rings is 1. The van der Waals surface area contributed by atoms with Crippen LogP contribution in [0.4, 0.5) is 4.39 Å². The molecule has 0 N–H and O–H groups in total. The van der Waals surface area contributed by atoms with Crippen LogP contribution in [-0.2, 0) is 19.5 Å². The van der Waals surface area contributed by atoms with Gasteiger partial charge in [0.2, 0.25) is 0 Å². The topological polar surface area (TPSA) is 34.0 Å². The Hall–Kier alpha value is -2.53. The molecule has 0 amide bonds. The Morgan fingerprint density at radius 3 is 2.82 bits per heavy atom. The van der Waals surface area contributed by atoms with Gasteiger partial charge >= 0.3 is 0 Å². The van der Waals surface area contributed by atoms with Crippen molar-refractivity contribution in [2.24, 2.45) is 0 Å². The van der Waals surface area contributed by atoms with Gasteiger partial charge in [0.15, 0.2) is 0 Å². The molecule has 1 aliphatic rings. The third-order valence-corrected chi connectivity index (χ3v) is 5.43. The van der Waals surface area contributed by atoms with E-state index in [0.29, 0.717) is 6.04 Å². The summed E-state index contributed by atoms with van der Waals surface area (Å²) in [4.78, 5) is 7.36. The van der Waals surface area contributed by atoms with Crippen molar-refractivity contribution in [3.8, 4) is 0 Å². The fourth-order valence-electron chi connectivity index (χ4n) is 4.17. The summed E-state index contributed by atoms with van der Waals surface area (Å²) in [6, 6.07) is 11.5. The third kappa shape index (κ3) is 4.30. The van der Waals surface area contributed by atoms with E-state index in [1.54, 1.807) is 12.1 Å². The van der Waals surface area contributed by atoms with Gasteiger partial charge in [0.1, 0.15) is 5.82 Å². The molecule has 5 heteroatoms. The van der Waals surface area contributed by atoms with Gasteiger partial charge in [-0.3, -0.25) is 14.6 Å². The highest BCUT2D eigenvalue weighted by molar-refractivity contribution is 5.30. The lowest BCUT2D eigenvalue weighted by atomic mass is 10.0. The zero-order valence-corrected chi connectivity index (χ0v) is 16.6. The number of aromatic nitrogens is 3. The van der Waals surface area contributed by atoms with Gasteiger partial charge in [0, 0.05) is 30.5 Å². The SMILES string of the molecule is CCn1cc(CN2CCC[C@H]2c2cc(Cc3cccc(F)c3)cc(C)n2)cn1. The number of hydrogen-bond acceptors (Lipinski definition) is 3. The quantitative estimate of drug-likeness (QED) is 0.625. The van der Waals surface area contributed by atoms with E-state index in [-0.39, 0.29) is 5.82 Å². The summed E-state index contributed by atoms with van der Waals surface area (Å²) in [5.74, 6) is -0.182. The molecule has 2 aromatic heterocycles. The zero-order valence-electron chi connectivity index (χ0n) is 16.6. The van der Waals surface area contributed by atoms with Gasteiger partial charge < -0.3 is 0 Å². The maximum absolute atomic E-state index is 13.5. The monoisotopic (exact) mass is 378 g/mol. The van der Waals surface area contributed by atoms with Crippen LogP contribution in [-0.4, -0.2) is 26.2 Å². The van der Waals surface area contributed by atoms with Crippen LogP contribution in [0.25, 0.3) is 0 Å². The fourth-order valence-corrected chi connectivity index (χ4v) is 4.17. The molecule has 0 saturated carbocycles. The Morgan fingerprint density at radius 2 is 2.04 bits per heavy atom. The van der Waals surface area contributed by atoms with Crippen LogP contribution in [0.1, 0.15) is 53.9 Å². The van der Waals surface area contributed by atoms with Gasteiger partial charge in [-0.25, -0.2) is 4.39 Å². The largest absolute Gasteiger partial charge is 0.290 e. The van der Waals surface area contributed by atoms with E-state index in [4.69, 9.17) is 4.98 Å². The van der Waals surface area contributed by atoms with Gasteiger partial charge in [-0.1, -0.05) is 12.1 Å². The van der Waals surface area contributed by atoms with E-state index < -0.39 is 0 Å². The highest BCUT2D eigenvalue weighted by Gasteiger charge is 2.27. The molecular formula is C23H27FN4. The van der Waals surface area contributed by atoms with Crippen molar-refractivity contribution >= 4 is 0 Å². The van der Waals surface area contributed by atoms with Gasteiger partial charge in [-0.15, -0.1) is 0 Å². The number of halogens is 1. The Labute approximate surface area is 166 Å². The summed E-state index contributed by atoms with van der Waals surface area (Å²) in [6.07, 6.45) is 7.13. The van der Waals surface area contributed by atoms with Gasteiger partial charge in [0.05, 0.1) is 17.9 Å². The molecule has 0 unspecified atom stereocenters. The first-order valence-corrected chi connectivity index (χ1v) is 10.1. The average Bonchev–Trinajstić information content (AvgIpc) is 3.31. The Kier molecular flexibility index (Phi) is 5.53. The molecule has 0 spiro atoms. The van der Waals surface area contributed by atoms with E-state index in [0.717, 1.165) is 49.4 Å². The average molecular weight is 378 g/mol. The maximum atomic E-state index is 13.5. The second kappa shape index (κ2) is 8.23. The maximum Gasteiger partial charge on any atom is 0.123 e. The molecule has 0 aliphatic carbocycles. The van der Waals surface area contributed by atoms with E-state index in [2.05, 4.69) is 35.3 Å². The minimum atomic E-state index is -0.182. The molecule has 1 aliphatic heterocycles. The van der Waals surface area contributed by atoms with E-state index in [9.17, 15) is 4.39 Å². The van der Waals surface area contributed by atoms with Crippen molar-refractivity contribution in [1.82, 2.24) is 19.7 Å². The van der Waals surface area contributed by atoms with E-state index in [1.165, 1.54) is 23.6 Å². The molecule has 4 nitrogen and oxygen atoms in total. The summed E-state index contributed by atoms with van der Waals surface area (Å²) < 4.78 is 15.5. The lowest BCUT2D eigenvalue weighted by Gasteiger charge is -2.24. The summed E-state index contributed by atoms with van der Waals surface area (Å²) in [7, 11) is 0. The number of nitrogens with zero attached hydrogens (tertiary/aromatic N) is 4. The second-order valence-corrected chi connectivity index (χ2v) is 7.68. The van der Waals surface area contributed by atoms with Crippen LogP contribution in [0.3, 0.4) is 0 Å². The summed E-state index contributed by atoms with van der Waals surface area (Å²) >= 11 is 0. The number of likely N-dealkylation sites (tertiary alicyclic amines) is 1. The first-order valence-electron chi connectivity index (χ1n) is 10.1. The van der Waals surface area contributed by atoms with Gasteiger partial charge in [-0.2, -0.15) is 5.10 Å². The van der Waals surface area contributed by atoms with Crippen LogP contribution in [0.2, 0.25) is 0 Å². The van der Waals surface area contributed by atoms with Crippen LogP contribution >= 0.6 is 0 Å². The number of aryl methyl sites for hydroxylation is 2. The molecule has 28 heavy (non-hydrogen) atoms. The van der Waals surface area contributed by atoms with Crippen molar-refractivity contribution < 1.29 is 4.39 Å². The number of hydrogen-bond donors (Lipinski definition) is 0. The molecular weight excluding hydrogens is 351 g/mol. The molecule has 3 heterocycles. The van der Waals surface area contributed by atoms with Gasteiger partial charge in [0.25, 0.3) is 0 Å². The predicted molar refractivity (Wildman–Crippen MR) is 108 cm³/mol. The van der Waals surface area contributed by atoms with Crippen molar-refractivity contribution in [2.75, 3.05) is 6.54 Å². The van der Waals surface area contributed by atoms with Crippen LogP contribution in [0.15, 0.2) is 48.8 Å². The molecule has 0 radical (unpaired) electrons. The van der Waals surface area contributed by atoms with Crippen molar-refractivity contribution in [3.63, 3.8) is 0 Å². The Bertz CT molecular complexity index is 949. The number of rotatable bonds is 6. The summed E-state index contributed by atoms with van der Waals surface area (Å²) in [5, 5.41) is 4.40. The minimum Gasteiger partial charge on any atom is -0.290 e. The minimum absolute atomic E-state index is 0.182. The summed E-state index contributed by atoms with van der Waals surface area (Å²) in [5.41, 5.74) is 5.59. The second-order valence-electron chi connectivity index (χ2n) is 7.68. The normalized spacial score (nSPS) is 17.3. The molecule has 1 saturated heterocycles.